The number of nitrogens with zero attached hydrogens (tertiary/aromatic N) is 3. The van der Waals surface area contributed by atoms with Crippen molar-refractivity contribution in [2.45, 2.75) is 46.1 Å². The van der Waals surface area contributed by atoms with Gasteiger partial charge >= 0.3 is 0 Å². The summed E-state index contributed by atoms with van der Waals surface area (Å²) in [6, 6.07) is 8.16. The molecule has 1 aliphatic rings. The molecule has 0 aliphatic carbocycles. The fourth-order valence-electron chi connectivity index (χ4n) is 4.38. The van der Waals surface area contributed by atoms with E-state index in [0.29, 0.717) is 24.6 Å². The highest BCUT2D eigenvalue weighted by molar-refractivity contribution is 5.44. The molecule has 7 heteroatoms. The van der Waals surface area contributed by atoms with Gasteiger partial charge in [0.15, 0.2) is 17.1 Å². The van der Waals surface area contributed by atoms with Gasteiger partial charge < -0.3 is 9.47 Å². The van der Waals surface area contributed by atoms with Crippen LogP contribution >= 0.6 is 0 Å². The second-order valence-electron chi connectivity index (χ2n) is 7.88. The number of hydrogen-bond donors (Lipinski definition) is 1. The van der Waals surface area contributed by atoms with Crippen molar-refractivity contribution in [1.82, 2.24) is 19.5 Å². The highest BCUT2D eigenvalue weighted by Crippen LogP contribution is 2.31. The monoisotopic (exact) mass is 410 g/mol. The summed E-state index contributed by atoms with van der Waals surface area (Å²) in [7, 11) is 1.66. The van der Waals surface area contributed by atoms with Gasteiger partial charge in [-0.1, -0.05) is 13.0 Å². The Bertz CT molecular complexity index is 1100. The van der Waals surface area contributed by atoms with Crippen LogP contribution in [0.1, 0.15) is 48.7 Å². The lowest BCUT2D eigenvalue weighted by Crippen LogP contribution is -2.22. The number of benzene rings is 1. The van der Waals surface area contributed by atoms with E-state index in [-0.39, 0.29) is 5.56 Å². The summed E-state index contributed by atoms with van der Waals surface area (Å²) in [4.78, 5) is 19.8. The zero-order chi connectivity index (χ0) is 21.3. The Labute approximate surface area is 176 Å². The van der Waals surface area contributed by atoms with Gasteiger partial charge in [0.25, 0.3) is 5.56 Å². The lowest BCUT2D eigenvalue weighted by Gasteiger charge is -2.17. The first kappa shape index (κ1) is 20.5. The number of methoxy groups -OCH3 is 1. The van der Waals surface area contributed by atoms with Gasteiger partial charge in [0.05, 0.1) is 13.7 Å². The smallest absolute Gasteiger partial charge is 0.276 e. The number of hydrogen-bond acceptors (Lipinski definition) is 5. The number of fused-ring (bicyclic) bond motifs is 1. The molecule has 0 bridgehead atoms. The maximum Gasteiger partial charge on any atom is 0.276 e. The van der Waals surface area contributed by atoms with Crippen molar-refractivity contribution in [2.75, 3.05) is 26.8 Å². The first-order chi connectivity index (χ1) is 14.5. The fraction of sp³-hybridized carbons (Fsp3) is 0.478. The second kappa shape index (κ2) is 8.52. The van der Waals surface area contributed by atoms with Crippen molar-refractivity contribution >= 4 is 5.65 Å². The summed E-state index contributed by atoms with van der Waals surface area (Å²) < 4.78 is 12.7. The number of likely N-dealkylation sites (tertiary alicyclic amines) is 1. The number of H-pyrrole nitrogens is 1. The lowest BCUT2D eigenvalue weighted by atomic mass is 10.1. The number of aromatic nitrogens is 3. The van der Waals surface area contributed by atoms with Crippen LogP contribution in [0, 0.1) is 6.92 Å². The van der Waals surface area contributed by atoms with Crippen LogP contribution in [-0.2, 0) is 13.0 Å². The summed E-state index contributed by atoms with van der Waals surface area (Å²) in [6.07, 6.45) is 1.74. The normalized spacial score (nSPS) is 17.0. The van der Waals surface area contributed by atoms with E-state index in [0.717, 1.165) is 54.5 Å². The van der Waals surface area contributed by atoms with Gasteiger partial charge in [-0.05, 0) is 50.9 Å². The predicted octanol–water partition coefficient (Wildman–Crippen LogP) is 3.29. The fourth-order valence-corrected chi connectivity index (χ4v) is 4.38. The summed E-state index contributed by atoms with van der Waals surface area (Å²) in [5.41, 5.74) is 4.61. The Morgan fingerprint density at radius 2 is 2.07 bits per heavy atom. The van der Waals surface area contributed by atoms with Crippen molar-refractivity contribution in [3.63, 3.8) is 0 Å². The number of nitrogens with one attached hydrogen (secondary N) is 1. The lowest BCUT2D eigenvalue weighted by molar-refractivity contribution is 0.305. The number of aryl methyl sites for hydroxylation is 1. The minimum atomic E-state index is 0.0165. The van der Waals surface area contributed by atoms with E-state index in [1.807, 2.05) is 32.9 Å². The van der Waals surface area contributed by atoms with Crippen LogP contribution in [0.3, 0.4) is 0 Å². The van der Waals surface area contributed by atoms with E-state index in [1.54, 1.807) is 11.6 Å². The zero-order valence-corrected chi connectivity index (χ0v) is 18.2. The molecule has 0 saturated carbocycles. The number of ether oxygens (including phenoxy) is 2. The Hall–Kier alpha value is -2.80. The summed E-state index contributed by atoms with van der Waals surface area (Å²) in [6.45, 7) is 9.30. The molecule has 1 aromatic carbocycles. The highest BCUT2D eigenvalue weighted by atomic mass is 16.5. The summed E-state index contributed by atoms with van der Waals surface area (Å²) in [5.74, 6) is 1.91. The molecular formula is C23H30N4O3. The quantitative estimate of drug-likeness (QED) is 0.647. The van der Waals surface area contributed by atoms with Crippen molar-refractivity contribution in [2.24, 2.45) is 0 Å². The van der Waals surface area contributed by atoms with Crippen molar-refractivity contribution in [3.05, 3.63) is 57.1 Å². The van der Waals surface area contributed by atoms with E-state index in [2.05, 4.69) is 27.1 Å². The van der Waals surface area contributed by atoms with Crippen LogP contribution in [-0.4, -0.2) is 46.3 Å². The molecule has 1 fully saturated rings. The average Bonchev–Trinajstić information content (AvgIpc) is 3.36. The zero-order valence-electron chi connectivity index (χ0n) is 18.2. The van der Waals surface area contributed by atoms with Gasteiger partial charge in [0, 0.05) is 42.0 Å². The SMILES string of the molecule is CCOc1cc(CN2CC[C@H](c3cc4nc(C)c(CC)c(=O)n4[nH]3)C2)ccc1OC. The van der Waals surface area contributed by atoms with Crippen LogP contribution in [0.5, 0.6) is 11.5 Å². The first-order valence-electron chi connectivity index (χ1n) is 10.7. The van der Waals surface area contributed by atoms with Crippen LogP contribution in [0.4, 0.5) is 0 Å². The third-order valence-corrected chi connectivity index (χ3v) is 5.93. The molecule has 1 N–H and O–H groups in total. The van der Waals surface area contributed by atoms with Gasteiger partial charge in [0.2, 0.25) is 0 Å². The maximum atomic E-state index is 12.7. The minimum absolute atomic E-state index is 0.0165. The Kier molecular flexibility index (Phi) is 5.81. The molecule has 30 heavy (non-hydrogen) atoms. The van der Waals surface area contributed by atoms with Crippen LogP contribution in [0.2, 0.25) is 0 Å². The summed E-state index contributed by atoms with van der Waals surface area (Å²) in [5, 5.41) is 3.31. The minimum Gasteiger partial charge on any atom is -0.493 e. The van der Waals surface area contributed by atoms with Crippen molar-refractivity contribution < 1.29 is 9.47 Å². The molecule has 4 rings (SSSR count). The average molecular weight is 411 g/mol. The van der Waals surface area contributed by atoms with E-state index in [1.165, 1.54) is 5.56 Å². The van der Waals surface area contributed by atoms with E-state index in [9.17, 15) is 4.79 Å². The molecule has 0 unspecified atom stereocenters. The molecule has 0 radical (unpaired) electrons. The molecule has 1 saturated heterocycles. The number of rotatable bonds is 7. The van der Waals surface area contributed by atoms with Gasteiger partial charge in [-0.3, -0.25) is 14.8 Å². The highest BCUT2D eigenvalue weighted by Gasteiger charge is 2.26. The van der Waals surface area contributed by atoms with Crippen LogP contribution < -0.4 is 15.0 Å². The molecule has 0 spiro atoms. The third kappa shape index (κ3) is 3.81. The molecule has 2 aromatic heterocycles. The largest absolute Gasteiger partial charge is 0.493 e. The Morgan fingerprint density at radius 3 is 2.80 bits per heavy atom. The van der Waals surface area contributed by atoms with Crippen LogP contribution in [0.25, 0.3) is 5.65 Å². The van der Waals surface area contributed by atoms with Crippen molar-refractivity contribution in [1.29, 1.82) is 0 Å². The van der Waals surface area contributed by atoms with Gasteiger partial charge in [-0.2, -0.15) is 0 Å². The van der Waals surface area contributed by atoms with E-state index >= 15 is 0 Å². The molecule has 160 valence electrons. The van der Waals surface area contributed by atoms with Gasteiger partial charge in [-0.25, -0.2) is 9.50 Å². The molecule has 1 aliphatic heterocycles. The third-order valence-electron chi connectivity index (χ3n) is 5.93. The number of aromatic amines is 1. The second-order valence-corrected chi connectivity index (χ2v) is 7.88. The first-order valence-corrected chi connectivity index (χ1v) is 10.7. The molecular weight excluding hydrogens is 380 g/mol. The van der Waals surface area contributed by atoms with E-state index < -0.39 is 0 Å². The molecule has 7 nitrogen and oxygen atoms in total. The van der Waals surface area contributed by atoms with E-state index in [4.69, 9.17) is 9.47 Å². The summed E-state index contributed by atoms with van der Waals surface area (Å²) >= 11 is 0. The Morgan fingerprint density at radius 1 is 1.23 bits per heavy atom. The predicted molar refractivity (Wildman–Crippen MR) is 117 cm³/mol. The van der Waals surface area contributed by atoms with Crippen molar-refractivity contribution in [3.8, 4) is 11.5 Å². The van der Waals surface area contributed by atoms with Gasteiger partial charge in [0.1, 0.15) is 0 Å². The molecule has 0 amide bonds. The standard InChI is InChI=1S/C23H30N4O3/c1-5-18-15(3)24-22-12-19(25-27(22)23(18)28)17-9-10-26(14-17)13-16-7-8-20(29-4)21(11-16)30-6-2/h7-8,11-12,17,25H,5-6,9-10,13-14H2,1-4H3/t17-/m0/s1. The Balaban J connectivity index is 1.50. The molecule has 3 aromatic rings. The van der Waals surface area contributed by atoms with Crippen LogP contribution in [0.15, 0.2) is 29.1 Å². The topological polar surface area (TPSA) is 71.9 Å². The maximum absolute atomic E-state index is 12.7. The molecule has 3 heterocycles. The molecule has 1 atom stereocenters. The van der Waals surface area contributed by atoms with Gasteiger partial charge in [-0.15, -0.1) is 0 Å².